The minimum absolute atomic E-state index is 0.0921. The van der Waals surface area contributed by atoms with E-state index in [1.165, 1.54) is 0 Å². The van der Waals surface area contributed by atoms with Gasteiger partial charge in [-0.15, -0.1) is 0 Å². The van der Waals surface area contributed by atoms with Gasteiger partial charge in [-0.05, 0) is 23.8 Å². The molecule has 0 amide bonds. The third-order valence-corrected chi connectivity index (χ3v) is 2.90. The first kappa shape index (κ1) is 11.5. The minimum atomic E-state index is -0.0921. The van der Waals surface area contributed by atoms with Gasteiger partial charge in [-0.25, -0.2) is 4.98 Å². The molecule has 0 fully saturated rings. The van der Waals surface area contributed by atoms with Crippen molar-refractivity contribution in [3.05, 3.63) is 52.0 Å². The quantitative estimate of drug-likeness (QED) is 0.918. The van der Waals surface area contributed by atoms with Crippen LogP contribution in [0.2, 0.25) is 10.0 Å². The van der Waals surface area contributed by atoms with Crippen molar-refractivity contribution in [3.8, 4) is 0 Å². The molecule has 1 N–H and O–H groups in total. The van der Waals surface area contributed by atoms with E-state index in [4.69, 9.17) is 28.3 Å². The lowest BCUT2D eigenvalue weighted by molar-refractivity contribution is 0.266. The standard InChI is InChI=1S/C11H10Cl2N2O/c12-9-1-2-10(13)8(5-9)6-15-4-3-14-11(15)7-16/h1-5,16H,6-7H2. The summed E-state index contributed by atoms with van der Waals surface area (Å²) in [5.41, 5.74) is 0.905. The van der Waals surface area contributed by atoms with Crippen LogP contribution in [0.1, 0.15) is 11.4 Å². The molecule has 16 heavy (non-hydrogen) atoms. The lowest BCUT2D eigenvalue weighted by Crippen LogP contribution is -2.04. The van der Waals surface area contributed by atoms with Gasteiger partial charge in [0, 0.05) is 22.4 Å². The average Bonchev–Trinajstić information content (AvgIpc) is 2.71. The maximum Gasteiger partial charge on any atom is 0.134 e. The van der Waals surface area contributed by atoms with E-state index in [0.29, 0.717) is 22.4 Å². The number of benzene rings is 1. The second-order valence-corrected chi connectivity index (χ2v) is 4.21. The summed E-state index contributed by atoms with van der Waals surface area (Å²) >= 11 is 12.0. The van der Waals surface area contributed by atoms with Gasteiger partial charge in [0.1, 0.15) is 12.4 Å². The van der Waals surface area contributed by atoms with Crippen molar-refractivity contribution in [2.75, 3.05) is 0 Å². The highest BCUT2D eigenvalue weighted by Gasteiger charge is 2.05. The van der Waals surface area contributed by atoms with Crippen LogP contribution in [-0.2, 0) is 13.2 Å². The van der Waals surface area contributed by atoms with Crippen LogP contribution >= 0.6 is 23.2 Å². The second-order valence-electron chi connectivity index (χ2n) is 3.37. The van der Waals surface area contributed by atoms with Crippen LogP contribution in [-0.4, -0.2) is 14.7 Å². The Hall–Kier alpha value is -1.03. The van der Waals surface area contributed by atoms with E-state index in [9.17, 15) is 0 Å². The van der Waals surface area contributed by atoms with Gasteiger partial charge in [0.25, 0.3) is 0 Å². The molecule has 0 spiro atoms. The Morgan fingerprint density at radius 1 is 1.31 bits per heavy atom. The number of nitrogens with zero attached hydrogens (tertiary/aromatic N) is 2. The molecule has 1 aromatic heterocycles. The van der Waals surface area contributed by atoms with Crippen molar-refractivity contribution in [2.45, 2.75) is 13.2 Å². The van der Waals surface area contributed by atoms with E-state index in [-0.39, 0.29) is 6.61 Å². The van der Waals surface area contributed by atoms with Gasteiger partial charge in [0.15, 0.2) is 0 Å². The van der Waals surface area contributed by atoms with E-state index in [1.54, 1.807) is 24.5 Å². The largest absolute Gasteiger partial charge is 0.388 e. The van der Waals surface area contributed by atoms with Crippen molar-refractivity contribution < 1.29 is 5.11 Å². The third kappa shape index (κ3) is 2.38. The average molecular weight is 257 g/mol. The van der Waals surface area contributed by atoms with Crippen LogP contribution in [0.4, 0.5) is 0 Å². The molecule has 0 saturated carbocycles. The molecule has 1 heterocycles. The SMILES string of the molecule is OCc1nccn1Cc1cc(Cl)ccc1Cl. The van der Waals surface area contributed by atoms with Gasteiger partial charge in [0.05, 0.1) is 6.54 Å². The molecule has 0 aliphatic rings. The summed E-state index contributed by atoms with van der Waals surface area (Å²) in [7, 11) is 0. The topological polar surface area (TPSA) is 38.1 Å². The van der Waals surface area contributed by atoms with Crippen molar-refractivity contribution >= 4 is 23.2 Å². The summed E-state index contributed by atoms with van der Waals surface area (Å²) in [5.74, 6) is 0.607. The number of hydrogen-bond acceptors (Lipinski definition) is 2. The van der Waals surface area contributed by atoms with E-state index in [0.717, 1.165) is 5.56 Å². The molecule has 0 radical (unpaired) electrons. The Morgan fingerprint density at radius 2 is 2.12 bits per heavy atom. The summed E-state index contributed by atoms with van der Waals surface area (Å²) in [6, 6.07) is 5.31. The smallest absolute Gasteiger partial charge is 0.134 e. The fourth-order valence-electron chi connectivity index (χ4n) is 1.48. The Labute approximate surface area is 103 Å². The molecular formula is C11H10Cl2N2O. The highest BCUT2D eigenvalue weighted by Crippen LogP contribution is 2.21. The highest BCUT2D eigenvalue weighted by molar-refractivity contribution is 6.33. The van der Waals surface area contributed by atoms with Crippen LogP contribution in [0.25, 0.3) is 0 Å². The lowest BCUT2D eigenvalue weighted by Gasteiger charge is -2.08. The summed E-state index contributed by atoms with van der Waals surface area (Å²) < 4.78 is 1.83. The number of hydrogen-bond donors (Lipinski definition) is 1. The third-order valence-electron chi connectivity index (χ3n) is 2.29. The molecule has 0 unspecified atom stereocenters. The second kappa shape index (κ2) is 4.87. The predicted molar refractivity (Wildman–Crippen MR) is 63.7 cm³/mol. The molecule has 3 nitrogen and oxygen atoms in total. The number of imidazole rings is 1. The molecular weight excluding hydrogens is 247 g/mol. The maximum absolute atomic E-state index is 9.07. The first-order valence-corrected chi connectivity index (χ1v) is 5.51. The zero-order chi connectivity index (χ0) is 11.5. The van der Waals surface area contributed by atoms with Crippen molar-refractivity contribution in [3.63, 3.8) is 0 Å². The first-order chi connectivity index (χ1) is 7.70. The van der Waals surface area contributed by atoms with Gasteiger partial charge >= 0.3 is 0 Å². The van der Waals surface area contributed by atoms with Gasteiger partial charge in [-0.3, -0.25) is 0 Å². The van der Waals surface area contributed by atoms with Crippen LogP contribution < -0.4 is 0 Å². The lowest BCUT2D eigenvalue weighted by atomic mass is 10.2. The van der Waals surface area contributed by atoms with Gasteiger partial charge in [-0.2, -0.15) is 0 Å². The Bertz CT molecular complexity index is 496. The van der Waals surface area contributed by atoms with Gasteiger partial charge in [0.2, 0.25) is 0 Å². The van der Waals surface area contributed by atoms with Crippen molar-refractivity contribution in [1.82, 2.24) is 9.55 Å². The molecule has 0 saturated heterocycles. The van der Waals surface area contributed by atoms with Crippen LogP contribution in [0.3, 0.4) is 0 Å². The summed E-state index contributed by atoms with van der Waals surface area (Å²) in [5, 5.41) is 10.4. The van der Waals surface area contributed by atoms with E-state index in [2.05, 4.69) is 4.98 Å². The fraction of sp³-hybridized carbons (Fsp3) is 0.182. The number of aromatic nitrogens is 2. The van der Waals surface area contributed by atoms with Crippen LogP contribution in [0, 0.1) is 0 Å². The Kier molecular flexibility index (Phi) is 3.49. The van der Waals surface area contributed by atoms with Gasteiger partial charge in [-0.1, -0.05) is 23.2 Å². The molecule has 84 valence electrons. The minimum Gasteiger partial charge on any atom is -0.388 e. The van der Waals surface area contributed by atoms with Gasteiger partial charge < -0.3 is 9.67 Å². The van der Waals surface area contributed by atoms with E-state index >= 15 is 0 Å². The zero-order valence-corrected chi connectivity index (χ0v) is 9.91. The zero-order valence-electron chi connectivity index (χ0n) is 8.40. The first-order valence-electron chi connectivity index (χ1n) is 4.75. The molecule has 2 aromatic rings. The number of rotatable bonds is 3. The monoisotopic (exact) mass is 256 g/mol. The predicted octanol–water partition coefficient (Wildman–Crippen LogP) is 2.73. The molecule has 5 heteroatoms. The molecule has 2 rings (SSSR count). The van der Waals surface area contributed by atoms with Crippen LogP contribution in [0.5, 0.6) is 0 Å². The molecule has 0 bridgehead atoms. The Balaban J connectivity index is 2.30. The molecule has 0 aliphatic heterocycles. The molecule has 1 aromatic carbocycles. The number of aliphatic hydroxyl groups is 1. The summed E-state index contributed by atoms with van der Waals surface area (Å²) in [6.45, 7) is 0.459. The maximum atomic E-state index is 9.07. The van der Waals surface area contributed by atoms with Crippen LogP contribution in [0.15, 0.2) is 30.6 Å². The molecule has 0 aliphatic carbocycles. The van der Waals surface area contributed by atoms with E-state index in [1.807, 2.05) is 10.6 Å². The molecule has 0 atom stereocenters. The Morgan fingerprint density at radius 3 is 2.88 bits per heavy atom. The van der Waals surface area contributed by atoms with Crippen molar-refractivity contribution in [2.24, 2.45) is 0 Å². The van der Waals surface area contributed by atoms with E-state index < -0.39 is 0 Å². The summed E-state index contributed by atoms with van der Waals surface area (Å²) in [4.78, 5) is 4.02. The normalized spacial score (nSPS) is 10.7. The number of aliphatic hydroxyl groups excluding tert-OH is 1. The highest BCUT2D eigenvalue weighted by atomic mass is 35.5. The fourth-order valence-corrected chi connectivity index (χ4v) is 1.86. The van der Waals surface area contributed by atoms with Crippen molar-refractivity contribution in [1.29, 1.82) is 0 Å². The number of halogens is 2. The summed E-state index contributed by atoms with van der Waals surface area (Å²) in [6.07, 6.45) is 3.44.